The number of carbonyl (C=O) groups is 1. The van der Waals surface area contributed by atoms with Crippen molar-refractivity contribution in [3.8, 4) is 17.2 Å². The van der Waals surface area contributed by atoms with Gasteiger partial charge in [0.25, 0.3) is 5.89 Å². The third-order valence-electron chi connectivity index (χ3n) is 2.87. The monoisotopic (exact) mass is 259 g/mol. The van der Waals surface area contributed by atoms with Gasteiger partial charge in [-0.25, -0.2) is 0 Å². The van der Waals surface area contributed by atoms with Gasteiger partial charge in [-0.15, -0.1) is 10.2 Å². The molecule has 98 valence electrons. The maximum absolute atomic E-state index is 11.8. The molecule has 1 aliphatic carbocycles. The summed E-state index contributed by atoms with van der Waals surface area (Å²) < 4.78 is 10.6. The second-order valence-electron chi connectivity index (χ2n) is 4.36. The van der Waals surface area contributed by atoms with Crippen LogP contribution >= 0.6 is 0 Å². The summed E-state index contributed by atoms with van der Waals surface area (Å²) in [6.07, 6.45) is 2.03. The number of rotatable bonds is 4. The molecule has 3 rings (SSSR count). The number of carbonyl (C=O) groups excluding carboxylic acids is 1. The highest BCUT2D eigenvalue weighted by molar-refractivity contribution is 5.90. The Balaban J connectivity index is 1.85. The lowest BCUT2D eigenvalue weighted by molar-refractivity contribution is 0.0917. The van der Waals surface area contributed by atoms with Crippen molar-refractivity contribution in [3.63, 3.8) is 0 Å². The van der Waals surface area contributed by atoms with Gasteiger partial charge in [0, 0.05) is 6.04 Å². The maximum atomic E-state index is 11.8. The second-order valence-corrected chi connectivity index (χ2v) is 4.36. The van der Waals surface area contributed by atoms with E-state index in [9.17, 15) is 4.79 Å². The van der Waals surface area contributed by atoms with Crippen molar-refractivity contribution in [3.05, 3.63) is 30.2 Å². The third kappa shape index (κ3) is 2.42. The fraction of sp³-hybridized carbons (Fsp3) is 0.308. The van der Waals surface area contributed by atoms with Gasteiger partial charge in [0.1, 0.15) is 5.75 Å². The Labute approximate surface area is 109 Å². The molecule has 0 spiro atoms. The van der Waals surface area contributed by atoms with Crippen LogP contribution in [-0.2, 0) is 0 Å². The first-order valence-electron chi connectivity index (χ1n) is 6.05. The highest BCUT2D eigenvalue weighted by atomic mass is 16.5. The van der Waals surface area contributed by atoms with Crippen molar-refractivity contribution < 1.29 is 13.9 Å². The highest BCUT2D eigenvalue weighted by Crippen LogP contribution is 2.28. The first-order chi connectivity index (χ1) is 9.28. The van der Waals surface area contributed by atoms with Gasteiger partial charge in [-0.2, -0.15) is 0 Å². The SMILES string of the molecule is COc1ccccc1-c1nnc(C(=O)NC2CC2)o1. The summed E-state index contributed by atoms with van der Waals surface area (Å²) in [7, 11) is 1.57. The van der Waals surface area contributed by atoms with Crippen molar-refractivity contribution in [2.24, 2.45) is 0 Å². The zero-order chi connectivity index (χ0) is 13.2. The first-order valence-corrected chi connectivity index (χ1v) is 6.05. The van der Waals surface area contributed by atoms with Gasteiger partial charge < -0.3 is 14.5 Å². The molecule has 19 heavy (non-hydrogen) atoms. The summed E-state index contributed by atoms with van der Waals surface area (Å²) in [5, 5.41) is 10.4. The summed E-state index contributed by atoms with van der Waals surface area (Å²) in [5.41, 5.74) is 0.669. The number of para-hydroxylation sites is 1. The van der Waals surface area contributed by atoms with E-state index in [2.05, 4.69) is 15.5 Å². The van der Waals surface area contributed by atoms with Crippen molar-refractivity contribution >= 4 is 5.91 Å². The van der Waals surface area contributed by atoms with Gasteiger partial charge in [0.2, 0.25) is 0 Å². The van der Waals surface area contributed by atoms with E-state index >= 15 is 0 Å². The molecule has 0 bridgehead atoms. The Bertz CT molecular complexity index is 605. The van der Waals surface area contributed by atoms with Gasteiger partial charge in [-0.1, -0.05) is 12.1 Å². The number of hydrogen-bond donors (Lipinski definition) is 1. The second kappa shape index (κ2) is 4.72. The number of hydrogen-bond acceptors (Lipinski definition) is 5. The van der Waals surface area contributed by atoms with E-state index in [1.165, 1.54) is 0 Å². The molecular weight excluding hydrogens is 246 g/mol. The van der Waals surface area contributed by atoms with E-state index in [0.717, 1.165) is 12.8 Å². The molecule has 1 aliphatic rings. The Morgan fingerprint density at radius 1 is 1.37 bits per heavy atom. The van der Waals surface area contributed by atoms with E-state index < -0.39 is 0 Å². The topological polar surface area (TPSA) is 77.2 Å². The normalized spacial score (nSPS) is 14.2. The molecule has 0 unspecified atom stereocenters. The van der Waals surface area contributed by atoms with Crippen LogP contribution in [0, 0.1) is 0 Å². The summed E-state index contributed by atoms with van der Waals surface area (Å²) in [6.45, 7) is 0. The zero-order valence-electron chi connectivity index (χ0n) is 10.4. The smallest absolute Gasteiger partial charge is 0.309 e. The Morgan fingerprint density at radius 2 is 2.16 bits per heavy atom. The molecule has 1 heterocycles. The Kier molecular flexibility index (Phi) is 2.91. The molecule has 1 N–H and O–H groups in total. The summed E-state index contributed by atoms with van der Waals surface area (Å²) >= 11 is 0. The predicted octanol–water partition coefficient (Wildman–Crippen LogP) is 1.64. The number of benzene rings is 1. The summed E-state index contributed by atoms with van der Waals surface area (Å²) in [4.78, 5) is 11.8. The van der Waals surface area contributed by atoms with Crippen LogP contribution < -0.4 is 10.1 Å². The predicted molar refractivity (Wildman–Crippen MR) is 66.8 cm³/mol. The quantitative estimate of drug-likeness (QED) is 0.903. The average molecular weight is 259 g/mol. The third-order valence-corrected chi connectivity index (χ3v) is 2.87. The number of ether oxygens (including phenoxy) is 1. The molecule has 1 fully saturated rings. The minimum absolute atomic E-state index is 0.0205. The molecule has 1 saturated carbocycles. The number of nitrogens with zero attached hydrogens (tertiary/aromatic N) is 2. The van der Waals surface area contributed by atoms with E-state index in [-0.39, 0.29) is 23.7 Å². The Morgan fingerprint density at radius 3 is 2.89 bits per heavy atom. The van der Waals surface area contributed by atoms with Crippen molar-refractivity contribution in [1.29, 1.82) is 0 Å². The molecular formula is C13H13N3O3. The van der Waals surface area contributed by atoms with Gasteiger partial charge in [0.15, 0.2) is 0 Å². The highest BCUT2D eigenvalue weighted by Gasteiger charge is 2.26. The molecule has 0 aliphatic heterocycles. The maximum Gasteiger partial charge on any atom is 0.309 e. The van der Waals surface area contributed by atoms with Crippen LogP contribution in [0.4, 0.5) is 0 Å². The van der Waals surface area contributed by atoms with E-state index in [1.807, 2.05) is 12.1 Å². The lowest BCUT2D eigenvalue weighted by Gasteiger charge is -2.03. The van der Waals surface area contributed by atoms with Crippen LogP contribution in [0.5, 0.6) is 5.75 Å². The zero-order valence-corrected chi connectivity index (χ0v) is 10.4. The van der Waals surface area contributed by atoms with Gasteiger partial charge in [-0.3, -0.25) is 4.79 Å². The average Bonchev–Trinajstić information content (AvgIpc) is 3.11. The van der Waals surface area contributed by atoms with Crippen LogP contribution in [0.2, 0.25) is 0 Å². The minimum atomic E-state index is -0.323. The molecule has 0 atom stereocenters. The van der Waals surface area contributed by atoms with Crippen LogP contribution in [-0.4, -0.2) is 29.3 Å². The number of aromatic nitrogens is 2. The van der Waals surface area contributed by atoms with Crippen molar-refractivity contribution in [2.45, 2.75) is 18.9 Å². The molecule has 6 heteroatoms. The van der Waals surface area contributed by atoms with E-state index in [4.69, 9.17) is 9.15 Å². The molecule has 1 aromatic heterocycles. The van der Waals surface area contributed by atoms with Crippen molar-refractivity contribution in [1.82, 2.24) is 15.5 Å². The van der Waals surface area contributed by atoms with Crippen molar-refractivity contribution in [2.75, 3.05) is 7.11 Å². The molecule has 0 radical (unpaired) electrons. The van der Waals surface area contributed by atoms with Gasteiger partial charge >= 0.3 is 11.8 Å². The van der Waals surface area contributed by atoms with Crippen LogP contribution in [0.3, 0.4) is 0 Å². The molecule has 0 saturated heterocycles. The number of amides is 1. The van der Waals surface area contributed by atoms with Crippen LogP contribution in [0.15, 0.2) is 28.7 Å². The minimum Gasteiger partial charge on any atom is -0.496 e. The fourth-order valence-corrected chi connectivity index (χ4v) is 1.72. The standard InChI is InChI=1S/C13H13N3O3/c1-18-10-5-3-2-4-9(10)12-15-16-13(19-12)11(17)14-8-6-7-8/h2-5,8H,6-7H2,1H3,(H,14,17). The largest absolute Gasteiger partial charge is 0.496 e. The van der Waals surface area contributed by atoms with Gasteiger partial charge in [0.05, 0.1) is 12.7 Å². The lowest BCUT2D eigenvalue weighted by atomic mass is 10.2. The summed E-state index contributed by atoms with van der Waals surface area (Å²) in [6, 6.07) is 7.54. The van der Waals surface area contributed by atoms with Crippen LogP contribution in [0.1, 0.15) is 23.5 Å². The lowest BCUT2D eigenvalue weighted by Crippen LogP contribution is -2.25. The molecule has 6 nitrogen and oxygen atoms in total. The first kappa shape index (κ1) is 11.7. The van der Waals surface area contributed by atoms with E-state index in [1.54, 1.807) is 19.2 Å². The van der Waals surface area contributed by atoms with Gasteiger partial charge in [-0.05, 0) is 25.0 Å². The summed E-state index contributed by atoms with van der Waals surface area (Å²) in [5.74, 6) is 0.558. The number of methoxy groups -OCH3 is 1. The van der Waals surface area contributed by atoms with E-state index in [0.29, 0.717) is 11.3 Å². The number of nitrogens with one attached hydrogen (secondary N) is 1. The van der Waals surface area contributed by atoms with Crippen LogP contribution in [0.25, 0.3) is 11.5 Å². The molecule has 1 amide bonds. The Hall–Kier alpha value is -2.37. The molecule has 2 aromatic rings. The molecule has 1 aromatic carbocycles. The fourth-order valence-electron chi connectivity index (χ4n) is 1.72.